The van der Waals surface area contributed by atoms with Crippen molar-refractivity contribution in [1.82, 2.24) is 0 Å². The van der Waals surface area contributed by atoms with Crippen LogP contribution in [0, 0.1) is 23.7 Å². The smallest absolute Gasteiger partial charge is 0.0459 e. The minimum absolute atomic E-state index is 0.420. The summed E-state index contributed by atoms with van der Waals surface area (Å²) in [5, 5.41) is 9.19. The summed E-state index contributed by atoms with van der Waals surface area (Å²) >= 11 is 0. The normalized spacial score (nSPS) is 35.5. The average molecular weight is 278 g/mol. The first-order valence-corrected chi connectivity index (χ1v) is 9.03. The van der Waals surface area contributed by atoms with Crippen LogP contribution in [0.15, 0.2) is 12.2 Å². The Morgan fingerprint density at radius 1 is 0.750 bits per heavy atom. The molecule has 1 nitrogen and oxygen atoms in total. The Labute approximate surface area is 125 Å². The van der Waals surface area contributed by atoms with Crippen molar-refractivity contribution in [1.29, 1.82) is 0 Å². The van der Waals surface area contributed by atoms with Crippen molar-refractivity contribution in [2.45, 2.75) is 77.6 Å². The lowest BCUT2D eigenvalue weighted by Gasteiger charge is -2.31. The van der Waals surface area contributed by atoms with Crippen LogP contribution in [-0.2, 0) is 0 Å². The van der Waals surface area contributed by atoms with Gasteiger partial charge in [-0.3, -0.25) is 0 Å². The van der Waals surface area contributed by atoms with E-state index in [1.807, 2.05) is 0 Å². The molecular formula is C19H34O. The molecule has 0 heterocycles. The molecule has 2 rings (SSSR count). The number of rotatable bonds is 6. The Bertz CT molecular complexity index is 267. The fraction of sp³-hybridized carbons (Fsp3) is 0.895. The van der Waals surface area contributed by atoms with E-state index in [0.717, 1.165) is 17.8 Å². The molecule has 0 spiro atoms. The topological polar surface area (TPSA) is 20.2 Å². The van der Waals surface area contributed by atoms with Gasteiger partial charge in [0.05, 0.1) is 0 Å². The van der Waals surface area contributed by atoms with Crippen molar-refractivity contribution in [3.8, 4) is 0 Å². The summed E-state index contributed by atoms with van der Waals surface area (Å²) in [6.45, 7) is 2.56. The molecule has 1 N–H and O–H groups in total. The molecule has 2 aliphatic carbocycles. The number of aliphatic hydroxyl groups excluding tert-OH is 1. The van der Waals surface area contributed by atoms with Crippen molar-refractivity contribution in [3.05, 3.63) is 12.2 Å². The molecule has 116 valence electrons. The van der Waals surface area contributed by atoms with Gasteiger partial charge in [-0.05, 0) is 62.7 Å². The summed E-state index contributed by atoms with van der Waals surface area (Å²) in [5.74, 6) is 3.58. The van der Waals surface area contributed by atoms with Crippen molar-refractivity contribution in [3.63, 3.8) is 0 Å². The zero-order valence-electron chi connectivity index (χ0n) is 13.4. The van der Waals surface area contributed by atoms with E-state index in [1.54, 1.807) is 0 Å². The average Bonchev–Trinajstić information content (AvgIpc) is 2.52. The molecular weight excluding hydrogens is 244 g/mol. The summed E-state index contributed by atoms with van der Waals surface area (Å²) in [5.41, 5.74) is 0. The van der Waals surface area contributed by atoms with Gasteiger partial charge in [-0.2, -0.15) is 0 Å². The van der Waals surface area contributed by atoms with E-state index in [-0.39, 0.29) is 0 Å². The van der Waals surface area contributed by atoms with E-state index < -0.39 is 0 Å². The van der Waals surface area contributed by atoms with Crippen LogP contribution in [0.5, 0.6) is 0 Å². The van der Waals surface area contributed by atoms with Crippen LogP contribution < -0.4 is 0 Å². The molecule has 2 fully saturated rings. The van der Waals surface area contributed by atoms with Gasteiger partial charge in [0, 0.05) is 6.61 Å². The second-order valence-corrected chi connectivity index (χ2v) is 7.34. The third kappa shape index (κ3) is 5.24. The molecule has 20 heavy (non-hydrogen) atoms. The fourth-order valence-corrected chi connectivity index (χ4v) is 4.26. The molecule has 0 unspecified atom stereocenters. The molecule has 0 atom stereocenters. The Morgan fingerprint density at radius 3 is 1.65 bits per heavy atom. The van der Waals surface area contributed by atoms with E-state index in [2.05, 4.69) is 19.1 Å². The lowest BCUT2D eigenvalue weighted by atomic mass is 9.75. The van der Waals surface area contributed by atoms with Gasteiger partial charge in [0.1, 0.15) is 0 Å². The number of allylic oxidation sites excluding steroid dienone is 2. The highest BCUT2D eigenvalue weighted by atomic mass is 16.3. The van der Waals surface area contributed by atoms with E-state index in [4.69, 9.17) is 0 Å². The highest BCUT2D eigenvalue weighted by molar-refractivity contribution is 4.83. The van der Waals surface area contributed by atoms with Gasteiger partial charge in [0.2, 0.25) is 0 Å². The molecule has 0 amide bonds. The molecule has 2 saturated carbocycles. The first kappa shape index (κ1) is 16.1. The van der Waals surface area contributed by atoms with Crippen molar-refractivity contribution < 1.29 is 5.11 Å². The lowest BCUT2D eigenvalue weighted by molar-refractivity contribution is 0.157. The maximum absolute atomic E-state index is 9.19. The lowest BCUT2D eigenvalue weighted by Crippen LogP contribution is -2.19. The van der Waals surface area contributed by atoms with Gasteiger partial charge in [-0.15, -0.1) is 0 Å². The molecule has 0 aromatic heterocycles. The second kappa shape index (κ2) is 8.87. The minimum Gasteiger partial charge on any atom is -0.396 e. The van der Waals surface area contributed by atoms with Crippen LogP contribution in [0.25, 0.3) is 0 Å². The van der Waals surface area contributed by atoms with Crippen molar-refractivity contribution in [2.75, 3.05) is 6.61 Å². The van der Waals surface area contributed by atoms with Gasteiger partial charge >= 0.3 is 0 Å². The molecule has 0 aliphatic heterocycles. The zero-order valence-corrected chi connectivity index (χ0v) is 13.4. The third-order valence-electron chi connectivity index (χ3n) is 5.88. The molecule has 0 radical (unpaired) electrons. The predicted octanol–water partition coefficient (Wildman–Crippen LogP) is 5.34. The van der Waals surface area contributed by atoms with Gasteiger partial charge in [-0.1, -0.05) is 50.7 Å². The highest BCUT2D eigenvalue weighted by Gasteiger charge is 2.24. The van der Waals surface area contributed by atoms with E-state index >= 15 is 0 Å². The fourth-order valence-electron chi connectivity index (χ4n) is 4.26. The Kier molecular flexibility index (Phi) is 7.13. The molecule has 1 heteroatoms. The summed E-state index contributed by atoms with van der Waals surface area (Å²) in [7, 11) is 0. The van der Waals surface area contributed by atoms with E-state index in [0.29, 0.717) is 12.5 Å². The second-order valence-electron chi connectivity index (χ2n) is 7.34. The predicted molar refractivity (Wildman–Crippen MR) is 86.6 cm³/mol. The molecule has 0 saturated heterocycles. The number of aliphatic hydroxyl groups is 1. The Hall–Kier alpha value is -0.300. The van der Waals surface area contributed by atoms with Crippen molar-refractivity contribution in [2.24, 2.45) is 23.7 Å². The van der Waals surface area contributed by atoms with Crippen LogP contribution in [0.4, 0.5) is 0 Å². The van der Waals surface area contributed by atoms with Gasteiger partial charge in [0.15, 0.2) is 0 Å². The largest absolute Gasteiger partial charge is 0.396 e. The minimum atomic E-state index is 0.420. The van der Waals surface area contributed by atoms with Crippen LogP contribution >= 0.6 is 0 Å². The zero-order chi connectivity index (χ0) is 14.2. The van der Waals surface area contributed by atoms with Gasteiger partial charge in [-0.25, -0.2) is 0 Å². The van der Waals surface area contributed by atoms with Crippen LogP contribution in [-0.4, -0.2) is 11.7 Å². The van der Waals surface area contributed by atoms with Crippen LogP contribution in [0.1, 0.15) is 77.6 Å². The quantitative estimate of drug-likeness (QED) is 0.650. The Morgan fingerprint density at radius 2 is 1.20 bits per heavy atom. The van der Waals surface area contributed by atoms with E-state index in [1.165, 1.54) is 70.6 Å². The maximum Gasteiger partial charge on any atom is 0.0459 e. The molecule has 0 aromatic rings. The summed E-state index contributed by atoms with van der Waals surface area (Å²) in [6.07, 6.45) is 20.0. The number of hydrogen-bond donors (Lipinski definition) is 1. The van der Waals surface area contributed by atoms with Gasteiger partial charge < -0.3 is 5.11 Å². The first-order chi connectivity index (χ1) is 9.81. The number of hydrogen-bond acceptors (Lipinski definition) is 1. The standard InChI is InChI=1S/C19H34O/c1-2-3-4-16-5-7-17(8-6-16)9-10-18-11-13-19(15-20)14-12-18/h2-3,16-20H,4-15H2,1H3. The SMILES string of the molecule is CC=CCC1CCC(CCC2CCC(CO)CC2)CC1. The molecule has 2 aliphatic rings. The summed E-state index contributed by atoms with van der Waals surface area (Å²) in [4.78, 5) is 0. The monoisotopic (exact) mass is 278 g/mol. The maximum atomic E-state index is 9.19. The molecule has 0 bridgehead atoms. The summed E-state index contributed by atoms with van der Waals surface area (Å²) in [6, 6.07) is 0. The van der Waals surface area contributed by atoms with Crippen LogP contribution in [0.3, 0.4) is 0 Å². The summed E-state index contributed by atoms with van der Waals surface area (Å²) < 4.78 is 0. The third-order valence-corrected chi connectivity index (χ3v) is 5.88. The Balaban J connectivity index is 1.57. The highest BCUT2D eigenvalue weighted by Crippen LogP contribution is 2.37. The van der Waals surface area contributed by atoms with Gasteiger partial charge in [0.25, 0.3) is 0 Å². The molecule has 0 aromatic carbocycles. The van der Waals surface area contributed by atoms with E-state index in [9.17, 15) is 5.11 Å². The first-order valence-electron chi connectivity index (χ1n) is 9.03. The van der Waals surface area contributed by atoms with Crippen molar-refractivity contribution >= 4 is 0 Å². The van der Waals surface area contributed by atoms with Crippen LogP contribution in [0.2, 0.25) is 0 Å².